The topological polar surface area (TPSA) is 56.0 Å². The number of benzene rings is 1. The van der Waals surface area contributed by atoms with Gasteiger partial charge in [0.1, 0.15) is 6.07 Å². The van der Waals surface area contributed by atoms with E-state index >= 15 is 0 Å². The minimum Gasteiger partial charge on any atom is -0.394 e. The predicted molar refractivity (Wildman–Crippen MR) is 51.3 cm³/mol. The quantitative estimate of drug-likeness (QED) is 0.731. The summed E-state index contributed by atoms with van der Waals surface area (Å²) in [4.78, 5) is 0. The molecule has 1 aromatic carbocycles. The van der Waals surface area contributed by atoms with Crippen molar-refractivity contribution in [2.45, 2.75) is 13.0 Å². The molecule has 1 rings (SSSR count). The highest BCUT2D eigenvalue weighted by Crippen LogP contribution is 2.14. The van der Waals surface area contributed by atoms with Crippen LogP contribution in [0.4, 0.5) is 5.69 Å². The Morgan fingerprint density at radius 2 is 2.23 bits per heavy atom. The minimum absolute atomic E-state index is 0.0329. The summed E-state index contributed by atoms with van der Waals surface area (Å²) < 4.78 is 0. The number of anilines is 1. The maximum absolute atomic E-state index is 8.81. The summed E-state index contributed by atoms with van der Waals surface area (Å²) in [5, 5.41) is 20.6. The van der Waals surface area contributed by atoms with E-state index in [0.29, 0.717) is 5.56 Å². The Hall–Kier alpha value is -1.53. The van der Waals surface area contributed by atoms with E-state index in [2.05, 4.69) is 11.4 Å². The van der Waals surface area contributed by atoms with Crippen LogP contribution in [0.15, 0.2) is 24.3 Å². The SMILES string of the molecule is CC(CO)Nc1ccccc1C#N. The number of nitrogens with one attached hydrogen (secondary N) is 1. The summed E-state index contributed by atoms with van der Waals surface area (Å²) in [5.74, 6) is 0. The first-order chi connectivity index (χ1) is 6.27. The van der Waals surface area contributed by atoms with Crippen LogP contribution in [-0.2, 0) is 0 Å². The first kappa shape index (κ1) is 9.56. The molecule has 0 radical (unpaired) electrons. The van der Waals surface area contributed by atoms with Gasteiger partial charge in [-0.25, -0.2) is 0 Å². The first-order valence-electron chi connectivity index (χ1n) is 4.14. The summed E-state index contributed by atoms with van der Waals surface area (Å²) in [6.07, 6.45) is 0. The smallest absolute Gasteiger partial charge is 0.101 e. The molecular weight excluding hydrogens is 164 g/mol. The van der Waals surface area contributed by atoms with Gasteiger partial charge in [-0.1, -0.05) is 12.1 Å². The molecule has 13 heavy (non-hydrogen) atoms. The molecule has 0 aliphatic heterocycles. The van der Waals surface area contributed by atoms with E-state index in [1.54, 1.807) is 6.07 Å². The molecule has 0 aromatic heterocycles. The second kappa shape index (κ2) is 4.48. The Labute approximate surface area is 77.6 Å². The van der Waals surface area contributed by atoms with Gasteiger partial charge in [-0.2, -0.15) is 5.26 Å². The highest BCUT2D eigenvalue weighted by Gasteiger charge is 2.03. The lowest BCUT2D eigenvalue weighted by Crippen LogP contribution is -2.19. The summed E-state index contributed by atoms with van der Waals surface area (Å²) in [7, 11) is 0. The van der Waals surface area contributed by atoms with Crippen LogP contribution in [0.1, 0.15) is 12.5 Å². The second-order valence-electron chi connectivity index (χ2n) is 2.89. The zero-order valence-corrected chi connectivity index (χ0v) is 7.49. The van der Waals surface area contributed by atoms with Crippen LogP contribution in [0, 0.1) is 11.3 Å². The van der Waals surface area contributed by atoms with Gasteiger partial charge in [0.25, 0.3) is 0 Å². The molecular formula is C10H12N2O. The molecule has 0 bridgehead atoms. The average molecular weight is 176 g/mol. The van der Waals surface area contributed by atoms with Crippen LogP contribution in [0.5, 0.6) is 0 Å². The molecule has 2 N–H and O–H groups in total. The number of aliphatic hydroxyl groups excluding tert-OH is 1. The summed E-state index contributed by atoms with van der Waals surface area (Å²) in [6.45, 7) is 1.91. The average Bonchev–Trinajstić information content (AvgIpc) is 2.18. The van der Waals surface area contributed by atoms with Crippen molar-refractivity contribution in [3.63, 3.8) is 0 Å². The van der Waals surface area contributed by atoms with Crippen LogP contribution in [0.25, 0.3) is 0 Å². The first-order valence-corrected chi connectivity index (χ1v) is 4.14. The highest BCUT2D eigenvalue weighted by molar-refractivity contribution is 5.57. The fourth-order valence-corrected chi connectivity index (χ4v) is 1.02. The molecule has 0 spiro atoms. The van der Waals surface area contributed by atoms with Gasteiger partial charge in [-0.05, 0) is 19.1 Å². The van der Waals surface area contributed by atoms with E-state index in [-0.39, 0.29) is 12.6 Å². The lowest BCUT2D eigenvalue weighted by Gasteiger charge is -2.12. The monoisotopic (exact) mass is 176 g/mol. The third-order valence-electron chi connectivity index (χ3n) is 1.72. The van der Waals surface area contributed by atoms with Crippen molar-refractivity contribution in [1.82, 2.24) is 0 Å². The molecule has 3 heteroatoms. The molecule has 0 aliphatic rings. The number of aliphatic hydroxyl groups is 1. The van der Waals surface area contributed by atoms with Crippen LogP contribution in [0.2, 0.25) is 0 Å². The molecule has 0 aliphatic carbocycles. The Balaban J connectivity index is 2.82. The lowest BCUT2D eigenvalue weighted by atomic mass is 10.2. The van der Waals surface area contributed by atoms with Gasteiger partial charge in [0, 0.05) is 6.04 Å². The fraction of sp³-hybridized carbons (Fsp3) is 0.300. The van der Waals surface area contributed by atoms with Crippen molar-refractivity contribution in [1.29, 1.82) is 5.26 Å². The number of nitrogens with zero attached hydrogens (tertiary/aromatic N) is 1. The largest absolute Gasteiger partial charge is 0.394 e. The fourth-order valence-electron chi connectivity index (χ4n) is 1.02. The Morgan fingerprint density at radius 3 is 2.85 bits per heavy atom. The van der Waals surface area contributed by atoms with E-state index < -0.39 is 0 Å². The van der Waals surface area contributed by atoms with Crippen LogP contribution in [-0.4, -0.2) is 17.8 Å². The zero-order valence-electron chi connectivity index (χ0n) is 7.49. The van der Waals surface area contributed by atoms with Crippen molar-refractivity contribution in [3.8, 4) is 6.07 Å². The standard InChI is InChI=1S/C10H12N2O/c1-8(7-13)12-10-5-3-2-4-9(10)6-11/h2-5,8,12-13H,7H2,1H3. The van der Waals surface area contributed by atoms with E-state index in [9.17, 15) is 0 Å². The van der Waals surface area contributed by atoms with Gasteiger partial charge in [-0.15, -0.1) is 0 Å². The maximum Gasteiger partial charge on any atom is 0.101 e. The third kappa shape index (κ3) is 2.46. The van der Waals surface area contributed by atoms with Crippen molar-refractivity contribution >= 4 is 5.69 Å². The minimum atomic E-state index is -0.0329. The van der Waals surface area contributed by atoms with Crippen LogP contribution >= 0.6 is 0 Å². The Bertz CT molecular complexity index is 317. The van der Waals surface area contributed by atoms with E-state index in [1.165, 1.54) is 0 Å². The van der Waals surface area contributed by atoms with Gasteiger partial charge in [0.15, 0.2) is 0 Å². The second-order valence-corrected chi connectivity index (χ2v) is 2.89. The maximum atomic E-state index is 8.81. The highest BCUT2D eigenvalue weighted by atomic mass is 16.3. The molecule has 0 saturated heterocycles. The summed E-state index contributed by atoms with van der Waals surface area (Å²) >= 11 is 0. The van der Waals surface area contributed by atoms with Crippen molar-refractivity contribution in [2.24, 2.45) is 0 Å². The van der Waals surface area contributed by atoms with E-state index in [0.717, 1.165) is 5.69 Å². The number of nitriles is 1. The van der Waals surface area contributed by atoms with Crippen molar-refractivity contribution in [3.05, 3.63) is 29.8 Å². The summed E-state index contributed by atoms with van der Waals surface area (Å²) in [5.41, 5.74) is 1.37. The molecule has 3 nitrogen and oxygen atoms in total. The lowest BCUT2D eigenvalue weighted by molar-refractivity contribution is 0.281. The van der Waals surface area contributed by atoms with E-state index in [4.69, 9.17) is 10.4 Å². The molecule has 68 valence electrons. The van der Waals surface area contributed by atoms with Crippen molar-refractivity contribution < 1.29 is 5.11 Å². The molecule has 1 aromatic rings. The molecule has 0 heterocycles. The van der Waals surface area contributed by atoms with Gasteiger partial charge < -0.3 is 10.4 Å². The predicted octanol–water partition coefficient (Wildman–Crippen LogP) is 1.35. The number of hydrogen-bond donors (Lipinski definition) is 2. The zero-order chi connectivity index (χ0) is 9.68. The molecule has 1 atom stereocenters. The molecule has 0 fully saturated rings. The van der Waals surface area contributed by atoms with Crippen LogP contribution < -0.4 is 5.32 Å². The number of para-hydroxylation sites is 1. The third-order valence-corrected chi connectivity index (χ3v) is 1.72. The van der Waals surface area contributed by atoms with Crippen LogP contribution in [0.3, 0.4) is 0 Å². The van der Waals surface area contributed by atoms with E-state index in [1.807, 2.05) is 25.1 Å². The Kier molecular flexibility index (Phi) is 3.30. The number of hydrogen-bond acceptors (Lipinski definition) is 3. The number of rotatable bonds is 3. The van der Waals surface area contributed by atoms with Gasteiger partial charge in [-0.3, -0.25) is 0 Å². The Morgan fingerprint density at radius 1 is 1.54 bits per heavy atom. The van der Waals surface area contributed by atoms with Gasteiger partial charge in [0.2, 0.25) is 0 Å². The molecule has 0 saturated carbocycles. The molecule has 0 amide bonds. The van der Waals surface area contributed by atoms with Crippen molar-refractivity contribution in [2.75, 3.05) is 11.9 Å². The van der Waals surface area contributed by atoms with Gasteiger partial charge >= 0.3 is 0 Å². The van der Waals surface area contributed by atoms with Gasteiger partial charge in [0.05, 0.1) is 17.9 Å². The normalized spacial score (nSPS) is 11.8. The summed E-state index contributed by atoms with van der Waals surface area (Å²) in [6, 6.07) is 9.28. The molecule has 1 unspecified atom stereocenters.